The van der Waals surface area contributed by atoms with Crippen LogP contribution in [-0.4, -0.2) is 187 Å². The van der Waals surface area contributed by atoms with Crippen LogP contribution in [0.3, 0.4) is 0 Å². The number of nitrogens with zero attached hydrogens (tertiary/aromatic N) is 5. The Morgan fingerprint density at radius 3 is 1.78 bits per heavy atom. The van der Waals surface area contributed by atoms with Crippen LogP contribution >= 0.6 is 0 Å². The molecule has 4 N–H and O–H groups in total. The lowest BCUT2D eigenvalue weighted by molar-refractivity contribution is -0.258. The van der Waals surface area contributed by atoms with Gasteiger partial charge in [-0.15, -0.1) is 0 Å². The normalized spacial score (nSPS) is 31.8. The van der Waals surface area contributed by atoms with Crippen LogP contribution in [0.5, 0.6) is 0 Å². The molecule has 5 rings (SSSR count). The molecule has 1 saturated carbocycles. The molecule has 284 valence electrons. The second-order valence-corrected chi connectivity index (χ2v) is 14.3. The van der Waals surface area contributed by atoms with Crippen LogP contribution in [0.15, 0.2) is 0 Å². The summed E-state index contributed by atoms with van der Waals surface area (Å²) < 4.78 is 15.6. The van der Waals surface area contributed by atoms with Gasteiger partial charge in [0.2, 0.25) is 17.7 Å². The Bertz CT molecular complexity index is 1230. The molecule has 19 heteroatoms. The molecular weight excluding hydrogens is 669 g/mol. The maximum Gasteiger partial charge on any atom is 0.475 e. The van der Waals surface area contributed by atoms with E-state index in [9.17, 15) is 38.8 Å². The zero-order valence-corrected chi connectivity index (χ0v) is 29.4. The predicted molar refractivity (Wildman–Crippen MR) is 179 cm³/mol. The van der Waals surface area contributed by atoms with Gasteiger partial charge < -0.3 is 39.8 Å². The maximum absolute atomic E-state index is 13.2. The topological polar surface area (TPSA) is 211 Å². The van der Waals surface area contributed by atoms with Gasteiger partial charge in [-0.05, 0) is 51.4 Å². The molecule has 1 aliphatic carbocycles. The van der Waals surface area contributed by atoms with Crippen LogP contribution in [-0.2, 0) is 43.0 Å². The second-order valence-electron chi connectivity index (χ2n) is 14.3. The summed E-state index contributed by atoms with van der Waals surface area (Å²) in [5.41, 5.74) is 0. The van der Waals surface area contributed by atoms with E-state index in [0.717, 1.165) is 12.8 Å². The first-order valence-electron chi connectivity index (χ1n) is 18.1. The highest BCUT2D eigenvalue weighted by Gasteiger charge is 2.39. The smallest absolute Gasteiger partial charge is 0.426 e. The van der Waals surface area contributed by atoms with Gasteiger partial charge in [-0.2, -0.15) is 0 Å². The fourth-order valence-electron chi connectivity index (χ4n) is 7.43. The number of fused-ring (bicyclic) bond motifs is 7. The molecule has 0 aromatic rings. The van der Waals surface area contributed by atoms with Gasteiger partial charge in [0.05, 0.1) is 32.1 Å². The number of esters is 3. The molecule has 2 unspecified atom stereocenters. The summed E-state index contributed by atoms with van der Waals surface area (Å²) in [7, 11) is -1.61. The van der Waals surface area contributed by atoms with E-state index in [-0.39, 0.29) is 55.7 Å². The first kappa shape index (κ1) is 38.9. The SMILES string of the molecule is C[C@@H](NC(=O)C1CCC(CNC(=O)CN2CCN3CCN4CCN(CC2)CC(=O)OC(OC(=O)C3)OC(=O)C4)CC1)C(=O)N1CCC[C@H]1B(O)O. The standard InChI is InChI=1S/C32H52BN7O11/c1-22(31(46)40-8-2-3-25(40)33(47)48)35-30(45)24-6-4-23(5-7-24)17-34-26(41)18-36-9-11-37-13-15-39-16-14-38(12-10-36)20-28(43)50-32(49-27(42)19-37)51-29(44)21-39/h22-25,32,47-48H,2-21H2,1H3,(H,34,41)(H,35,45)/t22-,23?,24?,25+/m1/s1. The number of nitrogens with one attached hydrogen (secondary N) is 2. The Morgan fingerprint density at radius 2 is 1.27 bits per heavy atom. The summed E-state index contributed by atoms with van der Waals surface area (Å²) in [5.74, 6) is -3.38. The number of hydrogen-bond acceptors (Lipinski definition) is 15. The van der Waals surface area contributed by atoms with Crippen molar-refractivity contribution in [3.63, 3.8) is 0 Å². The fourth-order valence-corrected chi connectivity index (χ4v) is 7.43. The van der Waals surface area contributed by atoms with Crippen LogP contribution in [0, 0.1) is 11.8 Å². The number of hydrogen-bond donors (Lipinski definition) is 4. The number of likely N-dealkylation sites (tertiary alicyclic amines) is 1. The van der Waals surface area contributed by atoms with Crippen LogP contribution in [0.25, 0.3) is 0 Å². The van der Waals surface area contributed by atoms with Crippen molar-refractivity contribution in [1.29, 1.82) is 0 Å². The van der Waals surface area contributed by atoms with Gasteiger partial charge in [0.25, 0.3) is 0 Å². The minimum atomic E-state index is -1.74. The maximum atomic E-state index is 13.2. The van der Waals surface area contributed by atoms with E-state index in [2.05, 4.69) is 10.6 Å². The van der Waals surface area contributed by atoms with Gasteiger partial charge in [0.15, 0.2) is 0 Å². The summed E-state index contributed by atoms with van der Waals surface area (Å²) in [6, 6.07) is -0.768. The summed E-state index contributed by atoms with van der Waals surface area (Å²) >= 11 is 0. The third kappa shape index (κ3) is 11.6. The van der Waals surface area contributed by atoms with Gasteiger partial charge in [-0.3, -0.25) is 48.4 Å². The Balaban J connectivity index is 1.09. The molecule has 0 aromatic heterocycles. The molecule has 3 amide bonds. The lowest BCUT2D eigenvalue weighted by Gasteiger charge is -2.33. The van der Waals surface area contributed by atoms with Gasteiger partial charge in [-0.25, -0.2) is 0 Å². The van der Waals surface area contributed by atoms with E-state index in [1.165, 1.54) is 4.90 Å². The van der Waals surface area contributed by atoms with Crippen molar-refractivity contribution in [3.8, 4) is 0 Å². The van der Waals surface area contributed by atoms with E-state index in [0.29, 0.717) is 91.1 Å². The summed E-state index contributed by atoms with van der Waals surface area (Å²) in [6.45, 7) is 4.51. The number of amides is 3. The minimum absolute atomic E-state index is 0.0353. The van der Waals surface area contributed by atoms with Crippen LogP contribution in [0.2, 0.25) is 0 Å². The van der Waals surface area contributed by atoms with E-state index in [1.54, 1.807) is 6.92 Å². The van der Waals surface area contributed by atoms with E-state index < -0.39 is 43.5 Å². The number of ether oxygens (including phenoxy) is 3. The minimum Gasteiger partial charge on any atom is -0.426 e. The Morgan fingerprint density at radius 1 is 0.765 bits per heavy atom. The highest BCUT2D eigenvalue weighted by atomic mass is 16.9. The number of carbonyl (C=O) groups is 6. The molecule has 5 aliphatic rings. The molecule has 4 atom stereocenters. The van der Waals surface area contributed by atoms with E-state index in [4.69, 9.17) is 14.2 Å². The number of rotatable bonds is 8. The molecule has 4 heterocycles. The molecule has 4 bridgehead atoms. The quantitative estimate of drug-likeness (QED) is 0.142. The average Bonchev–Trinajstić information content (AvgIpc) is 3.57. The summed E-state index contributed by atoms with van der Waals surface area (Å²) in [6.07, 6.45) is 3.96. The summed E-state index contributed by atoms with van der Waals surface area (Å²) in [5, 5.41) is 25.1. The van der Waals surface area contributed by atoms with E-state index in [1.807, 2.05) is 19.6 Å². The zero-order valence-electron chi connectivity index (χ0n) is 29.4. The van der Waals surface area contributed by atoms with E-state index >= 15 is 0 Å². The first-order valence-corrected chi connectivity index (χ1v) is 18.1. The van der Waals surface area contributed by atoms with Crippen molar-refractivity contribution in [3.05, 3.63) is 0 Å². The fraction of sp³-hybridized carbons (Fsp3) is 0.812. The molecule has 5 fully saturated rings. The first-order chi connectivity index (χ1) is 24.4. The third-order valence-corrected chi connectivity index (χ3v) is 10.5. The Hall–Kier alpha value is -3.36. The predicted octanol–water partition coefficient (Wildman–Crippen LogP) is -3.42. The molecule has 0 spiro atoms. The van der Waals surface area contributed by atoms with Crippen molar-refractivity contribution in [1.82, 2.24) is 35.1 Å². The largest absolute Gasteiger partial charge is 0.475 e. The zero-order chi connectivity index (χ0) is 36.5. The Labute approximate surface area is 298 Å². The lowest BCUT2D eigenvalue weighted by atomic mass is 9.77. The molecule has 0 aromatic carbocycles. The van der Waals surface area contributed by atoms with Crippen molar-refractivity contribution in [2.24, 2.45) is 11.8 Å². The molecule has 18 nitrogen and oxygen atoms in total. The van der Waals surface area contributed by atoms with Gasteiger partial charge in [-0.1, -0.05) is 0 Å². The highest BCUT2D eigenvalue weighted by molar-refractivity contribution is 6.43. The monoisotopic (exact) mass is 721 g/mol. The second kappa shape index (κ2) is 18.4. The van der Waals surface area contributed by atoms with Crippen molar-refractivity contribution in [2.45, 2.75) is 63.9 Å². The average molecular weight is 722 g/mol. The van der Waals surface area contributed by atoms with Crippen LogP contribution < -0.4 is 10.6 Å². The number of carbonyl (C=O) groups excluding carboxylic acids is 6. The molecule has 0 radical (unpaired) electrons. The summed E-state index contributed by atoms with van der Waals surface area (Å²) in [4.78, 5) is 86.1. The van der Waals surface area contributed by atoms with Crippen molar-refractivity contribution >= 4 is 42.7 Å². The van der Waals surface area contributed by atoms with Crippen molar-refractivity contribution < 1.29 is 53.0 Å². The van der Waals surface area contributed by atoms with Gasteiger partial charge in [0.1, 0.15) is 6.04 Å². The third-order valence-electron chi connectivity index (χ3n) is 10.5. The van der Waals surface area contributed by atoms with Crippen LogP contribution in [0.4, 0.5) is 0 Å². The molecule has 51 heavy (non-hydrogen) atoms. The van der Waals surface area contributed by atoms with Crippen LogP contribution in [0.1, 0.15) is 45.4 Å². The van der Waals surface area contributed by atoms with Gasteiger partial charge in [0, 0.05) is 71.4 Å². The molecule has 4 aliphatic heterocycles. The van der Waals surface area contributed by atoms with Gasteiger partial charge >= 0.3 is 31.5 Å². The lowest BCUT2D eigenvalue weighted by Crippen LogP contribution is -2.53. The molecular formula is C32H52BN7O11. The highest BCUT2D eigenvalue weighted by Crippen LogP contribution is 2.29. The molecule has 4 saturated heterocycles. The van der Waals surface area contributed by atoms with Crippen molar-refractivity contribution in [2.75, 3.05) is 91.6 Å². The Kier molecular flexibility index (Phi) is 14.0.